The van der Waals surface area contributed by atoms with Gasteiger partial charge in [0.2, 0.25) is 0 Å². The molecule has 1 nitrogen and oxygen atoms in total. The Kier molecular flexibility index (Phi) is 2.94. The Balaban J connectivity index is 2.75. The molecule has 0 bridgehead atoms. The molecular weight excluding hydrogens is 160 g/mol. The van der Waals surface area contributed by atoms with E-state index >= 15 is 0 Å². The molecule has 0 amide bonds. The molecule has 0 aliphatic heterocycles. The molecular formula is C12H20O. The van der Waals surface area contributed by atoms with E-state index in [2.05, 4.69) is 20.4 Å². The lowest BCUT2D eigenvalue weighted by molar-refractivity contribution is -0.119. The topological polar surface area (TPSA) is 17.1 Å². The Labute approximate surface area is 81.2 Å². The van der Waals surface area contributed by atoms with Crippen molar-refractivity contribution in [3.8, 4) is 0 Å². The first-order valence-electron chi connectivity index (χ1n) is 5.11. The van der Waals surface area contributed by atoms with Crippen LogP contribution in [0.2, 0.25) is 0 Å². The van der Waals surface area contributed by atoms with E-state index in [9.17, 15) is 4.79 Å². The van der Waals surface area contributed by atoms with Crippen molar-refractivity contribution in [2.45, 2.75) is 46.0 Å². The molecule has 0 N–H and O–H groups in total. The highest BCUT2D eigenvalue weighted by Gasteiger charge is 2.38. The first-order valence-corrected chi connectivity index (χ1v) is 5.11. The molecule has 1 aliphatic carbocycles. The molecule has 1 fully saturated rings. The van der Waals surface area contributed by atoms with Gasteiger partial charge in [0.05, 0.1) is 0 Å². The van der Waals surface area contributed by atoms with Gasteiger partial charge in [0.15, 0.2) is 0 Å². The lowest BCUT2D eigenvalue weighted by Crippen LogP contribution is -2.34. The van der Waals surface area contributed by atoms with Crippen LogP contribution in [0.4, 0.5) is 0 Å². The second-order valence-corrected chi connectivity index (χ2v) is 5.17. The molecule has 1 atom stereocenters. The van der Waals surface area contributed by atoms with E-state index in [1.807, 2.05) is 6.08 Å². The number of carbonyl (C=O) groups is 1. The van der Waals surface area contributed by atoms with Gasteiger partial charge in [-0.25, -0.2) is 0 Å². The average Bonchev–Trinajstić information content (AvgIpc) is 2.03. The van der Waals surface area contributed by atoms with Crippen LogP contribution in [0.5, 0.6) is 0 Å². The standard InChI is InChI=1S/C12H20O/c1-4-6-12(10-13)8-5-7-11(2,3)9-12/h4,10H,1,5-9H2,2-3H3. The quantitative estimate of drug-likeness (QED) is 0.481. The predicted molar refractivity (Wildman–Crippen MR) is 55.6 cm³/mol. The van der Waals surface area contributed by atoms with Gasteiger partial charge in [-0.2, -0.15) is 0 Å². The summed E-state index contributed by atoms with van der Waals surface area (Å²) in [6, 6.07) is 0. The molecule has 1 unspecified atom stereocenters. The molecule has 13 heavy (non-hydrogen) atoms. The molecule has 74 valence electrons. The Morgan fingerprint density at radius 1 is 1.38 bits per heavy atom. The Morgan fingerprint density at radius 3 is 2.54 bits per heavy atom. The van der Waals surface area contributed by atoms with Gasteiger partial charge in [-0.3, -0.25) is 0 Å². The van der Waals surface area contributed by atoms with Crippen molar-refractivity contribution in [1.29, 1.82) is 0 Å². The van der Waals surface area contributed by atoms with Gasteiger partial charge in [0, 0.05) is 5.41 Å². The second kappa shape index (κ2) is 3.65. The third-order valence-corrected chi connectivity index (χ3v) is 3.16. The van der Waals surface area contributed by atoms with Crippen LogP contribution in [-0.2, 0) is 4.79 Å². The lowest BCUT2D eigenvalue weighted by atomic mass is 9.63. The van der Waals surface area contributed by atoms with Crippen molar-refractivity contribution >= 4 is 6.29 Å². The van der Waals surface area contributed by atoms with E-state index < -0.39 is 0 Å². The summed E-state index contributed by atoms with van der Waals surface area (Å²) < 4.78 is 0. The van der Waals surface area contributed by atoms with Crippen LogP contribution in [0.15, 0.2) is 12.7 Å². The Hall–Kier alpha value is -0.590. The summed E-state index contributed by atoms with van der Waals surface area (Å²) in [7, 11) is 0. The second-order valence-electron chi connectivity index (χ2n) is 5.17. The van der Waals surface area contributed by atoms with Gasteiger partial charge in [-0.05, 0) is 31.1 Å². The molecule has 0 saturated heterocycles. The third kappa shape index (κ3) is 2.43. The van der Waals surface area contributed by atoms with E-state index in [1.54, 1.807) is 0 Å². The highest BCUT2D eigenvalue weighted by Crippen LogP contribution is 2.46. The molecule has 1 aliphatic rings. The van der Waals surface area contributed by atoms with Crippen molar-refractivity contribution in [1.82, 2.24) is 0 Å². The van der Waals surface area contributed by atoms with Crippen LogP contribution in [-0.4, -0.2) is 6.29 Å². The fourth-order valence-electron chi connectivity index (χ4n) is 2.66. The van der Waals surface area contributed by atoms with Crippen molar-refractivity contribution < 1.29 is 4.79 Å². The molecule has 1 rings (SSSR count). The van der Waals surface area contributed by atoms with E-state index in [4.69, 9.17) is 0 Å². The fraction of sp³-hybridized carbons (Fsp3) is 0.750. The molecule has 1 heteroatoms. The Morgan fingerprint density at radius 2 is 2.08 bits per heavy atom. The zero-order valence-corrected chi connectivity index (χ0v) is 8.81. The molecule has 0 radical (unpaired) electrons. The number of hydrogen-bond acceptors (Lipinski definition) is 1. The van der Waals surface area contributed by atoms with Gasteiger partial charge < -0.3 is 4.79 Å². The van der Waals surface area contributed by atoms with Crippen LogP contribution >= 0.6 is 0 Å². The molecule has 0 aromatic rings. The van der Waals surface area contributed by atoms with Crippen LogP contribution in [0.3, 0.4) is 0 Å². The fourth-order valence-corrected chi connectivity index (χ4v) is 2.66. The van der Waals surface area contributed by atoms with Crippen molar-refractivity contribution in [3.05, 3.63) is 12.7 Å². The third-order valence-electron chi connectivity index (χ3n) is 3.16. The van der Waals surface area contributed by atoms with Crippen molar-refractivity contribution in [3.63, 3.8) is 0 Å². The maximum Gasteiger partial charge on any atom is 0.126 e. The molecule has 0 aromatic carbocycles. The largest absolute Gasteiger partial charge is 0.303 e. The van der Waals surface area contributed by atoms with Gasteiger partial charge >= 0.3 is 0 Å². The van der Waals surface area contributed by atoms with E-state index in [0.29, 0.717) is 5.41 Å². The monoisotopic (exact) mass is 180 g/mol. The van der Waals surface area contributed by atoms with E-state index in [1.165, 1.54) is 12.8 Å². The van der Waals surface area contributed by atoms with Crippen LogP contribution in [0, 0.1) is 10.8 Å². The minimum absolute atomic E-state index is 0.0937. The number of allylic oxidation sites excluding steroid dienone is 1. The molecule has 0 aromatic heterocycles. The summed E-state index contributed by atoms with van der Waals surface area (Å²) in [5.74, 6) is 0. The van der Waals surface area contributed by atoms with Gasteiger partial charge in [-0.1, -0.05) is 26.3 Å². The first kappa shape index (κ1) is 10.5. The van der Waals surface area contributed by atoms with Crippen LogP contribution in [0.1, 0.15) is 46.0 Å². The molecule has 0 heterocycles. The normalized spacial score (nSPS) is 32.5. The number of rotatable bonds is 3. The van der Waals surface area contributed by atoms with Gasteiger partial charge in [-0.15, -0.1) is 6.58 Å². The highest BCUT2D eigenvalue weighted by molar-refractivity contribution is 5.60. The summed E-state index contributed by atoms with van der Waals surface area (Å²) in [5, 5.41) is 0. The minimum Gasteiger partial charge on any atom is -0.303 e. The Bertz CT molecular complexity index is 205. The zero-order chi connectivity index (χ0) is 9.95. The first-order chi connectivity index (χ1) is 6.04. The lowest BCUT2D eigenvalue weighted by Gasteiger charge is -2.41. The SMILES string of the molecule is C=CCC1(C=O)CCCC(C)(C)C1. The number of hydrogen-bond donors (Lipinski definition) is 0. The minimum atomic E-state index is -0.0937. The van der Waals surface area contributed by atoms with E-state index in [-0.39, 0.29) is 5.41 Å². The average molecular weight is 180 g/mol. The maximum absolute atomic E-state index is 11.1. The van der Waals surface area contributed by atoms with E-state index in [0.717, 1.165) is 25.5 Å². The summed E-state index contributed by atoms with van der Waals surface area (Å²) in [4.78, 5) is 11.1. The highest BCUT2D eigenvalue weighted by atomic mass is 16.1. The van der Waals surface area contributed by atoms with Crippen LogP contribution in [0.25, 0.3) is 0 Å². The number of aldehydes is 1. The zero-order valence-electron chi connectivity index (χ0n) is 8.81. The van der Waals surface area contributed by atoms with Crippen molar-refractivity contribution in [2.24, 2.45) is 10.8 Å². The molecule has 0 spiro atoms. The van der Waals surface area contributed by atoms with Gasteiger partial charge in [0.25, 0.3) is 0 Å². The van der Waals surface area contributed by atoms with Crippen LogP contribution < -0.4 is 0 Å². The predicted octanol–water partition coefficient (Wildman–Crippen LogP) is 3.35. The van der Waals surface area contributed by atoms with Crippen molar-refractivity contribution in [2.75, 3.05) is 0 Å². The summed E-state index contributed by atoms with van der Waals surface area (Å²) in [5.41, 5.74) is 0.242. The smallest absolute Gasteiger partial charge is 0.126 e. The maximum atomic E-state index is 11.1. The summed E-state index contributed by atoms with van der Waals surface area (Å²) in [6.07, 6.45) is 8.39. The summed E-state index contributed by atoms with van der Waals surface area (Å²) >= 11 is 0. The molecule has 1 saturated carbocycles. The number of carbonyl (C=O) groups excluding carboxylic acids is 1. The van der Waals surface area contributed by atoms with Gasteiger partial charge in [0.1, 0.15) is 6.29 Å². The summed E-state index contributed by atoms with van der Waals surface area (Å²) in [6.45, 7) is 8.25.